The molecular weight excluding hydrogens is 271 g/mol. The Morgan fingerprint density at radius 1 is 1.50 bits per heavy atom. The fourth-order valence-electron chi connectivity index (χ4n) is 1.37. The zero-order chi connectivity index (χ0) is 13.0. The Labute approximate surface area is 114 Å². The third kappa shape index (κ3) is 3.74. The summed E-state index contributed by atoms with van der Waals surface area (Å²) in [7, 11) is 0. The van der Waals surface area contributed by atoms with Gasteiger partial charge in [0.25, 0.3) is 0 Å². The van der Waals surface area contributed by atoms with E-state index in [0.717, 1.165) is 16.7 Å². The van der Waals surface area contributed by atoms with Gasteiger partial charge in [-0.25, -0.2) is 4.39 Å². The molecule has 0 fully saturated rings. The monoisotopic (exact) mass is 284 g/mol. The Kier molecular flexibility index (Phi) is 4.66. The first-order valence-corrected chi connectivity index (χ1v) is 7.42. The van der Waals surface area contributed by atoms with Crippen LogP contribution in [0.15, 0.2) is 29.3 Å². The van der Waals surface area contributed by atoms with E-state index in [2.05, 4.69) is 10.3 Å². The molecule has 1 aromatic carbocycles. The second-order valence-corrected chi connectivity index (χ2v) is 6.42. The lowest BCUT2D eigenvalue weighted by molar-refractivity contribution is -0.115. The second-order valence-electron chi connectivity index (χ2n) is 3.75. The van der Waals surface area contributed by atoms with Gasteiger partial charge in [0.1, 0.15) is 10.2 Å². The van der Waals surface area contributed by atoms with E-state index in [9.17, 15) is 9.18 Å². The number of nitrogens with zero attached hydrogens (tertiary/aromatic N) is 1. The molecule has 0 radical (unpaired) electrons. The molecule has 0 aromatic heterocycles. The number of benzene rings is 1. The average molecular weight is 284 g/mol. The number of hydrogen-bond acceptors (Lipinski definition) is 4. The molecule has 1 atom stereocenters. The maximum absolute atomic E-state index is 12.7. The van der Waals surface area contributed by atoms with Gasteiger partial charge < -0.3 is 5.32 Å². The third-order valence-corrected chi connectivity index (χ3v) is 4.62. The first kappa shape index (κ1) is 13.4. The number of aliphatic imine (C=N–C) groups is 1. The molecule has 0 unspecified atom stereocenters. The summed E-state index contributed by atoms with van der Waals surface area (Å²) in [4.78, 5) is 16.2. The molecule has 2 rings (SSSR count). The van der Waals surface area contributed by atoms with Gasteiger partial charge in [-0.2, -0.15) is 0 Å². The summed E-state index contributed by atoms with van der Waals surface area (Å²) >= 11 is 3.14. The van der Waals surface area contributed by atoms with Crippen LogP contribution in [0.1, 0.15) is 6.92 Å². The zero-order valence-electron chi connectivity index (χ0n) is 9.85. The highest BCUT2D eigenvalue weighted by Gasteiger charge is 2.18. The topological polar surface area (TPSA) is 41.5 Å². The summed E-state index contributed by atoms with van der Waals surface area (Å²) in [6.07, 6.45) is 0. The fourth-order valence-corrected chi connectivity index (χ4v) is 3.50. The number of anilines is 1. The molecule has 6 heteroatoms. The number of nitrogens with one attached hydrogen (secondary N) is 1. The Bertz CT molecular complexity index is 462. The molecule has 1 heterocycles. The SMILES string of the molecule is C[C@H](SC1=NCCS1)C(=O)Nc1ccc(F)cc1. The van der Waals surface area contributed by atoms with Gasteiger partial charge in [0.2, 0.25) is 5.91 Å². The van der Waals surface area contributed by atoms with E-state index in [1.165, 1.54) is 23.9 Å². The molecule has 0 saturated carbocycles. The van der Waals surface area contributed by atoms with Crippen LogP contribution in [-0.2, 0) is 4.79 Å². The van der Waals surface area contributed by atoms with Crippen molar-refractivity contribution in [3.8, 4) is 0 Å². The van der Waals surface area contributed by atoms with Crippen molar-refractivity contribution in [2.45, 2.75) is 12.2 Å². The summed E-state index contributed by atoms with van der Waals surface area (Å²) < 4.78 is 13.7. The molecular formula is C12H13FN2OS2. The lowest BCUT2D eigenvalue weighted by atomic mass is 10.3. The van der Waals surface area contributed by atoms with Crippen molar-refractivity contribution in [3.05, 3.63) is 30.1 Å². The van der Waals surface area contributed by atoms with Crippen LogP contribution in [0.4, 0.5) is 10.1 Å². The van der Waals surface area contributed by atoms with Gasteiger partial charge in [0.15, 0.2) is 0 Å². The maximum Gasteiger partial charge on any atom is 0.237 e. The molecule has 3 nitrogen and oxygen atoms in total. The van der Waals surface area contributed by atoms with E-state index in [1.807, 2.05) is 6.92 Å². The smallest absolute Gasteiger partial charge is 0.237 e. The quantitative estimate of drug-likeness (QED) is 0.927. The van der Waals surface area contributed by atoms with Crippen LogP contribution in [0.5, 0.6) is 0 Å². The number of rotatable bonds is 3. The molecule has 1 aliphatic heterocycles. The minimum Gasteiger partial charge on any atom is -0.325 e. The van der Waals surface area contributed by atoms with E-state index in [1.54, 1.807) is 23.9 Å². The van der Waals surface area contributed by atoms with Crippen LogP contribution >= 0.6 is 23.5 Å². The van der Waals surface area contributed by atoms with Gasteiger partial charge in [0, 0.05) is 11.4 Å². The Hall–Kier alpha value is -1.01. The van der Waals surface area contributed by atoms with E-state index in [4.69, 9.17) is 0 Å². The lowest BCUT2D eigenvalue weighted by Gasteiger charge is -2.11. The van der Waals surface area contributed by atoms with Crippen molar-refractivity contribution in [1.29, 1.82) is 0 Å². The van der Waals surface area contributed by atoms with Gasteiger partial charge >= 0.3 is 0 Å². The summed E-state index contributed by atoms with van der Waals surface area (Å²) in [5.74, 6) is 0.586. The summed E-state index contributed by atoms with van der Waals surface area (Å²) in [6, 6.07) is 5.74. The van der Waals surface area contributed by atoms with Crippen LogP contribution in [0.25, 0.3) is 0 Å². The van der Waals surface area contributed by atoms with Gasteiger partial charge in [-0.3, -0.25) is 9.79 Å². The van der Waals surface area contributed by atoms with Crippen LogP contribution in [0.3, 0.4) is 0 Å². The summed E-state index contributed by atoms with van der Waals surface area (Å²) in [6.45, 7) is 2.67. The molecule has 0 spiro atoms. The van der Waals surface area contributed by atoms with Crippen molar-refractivity contribution in [2.24, 2.45) is 4.99 Å². The number of thioether (sulfide) groups is 2. The molecule has 1 aromatic rings. The van der Waals surface area contributed by atoms with Crippen molar-refractivity contribution < 1.29 is 9.18 Å². The highest BCUT2D eigenvalue weighted by atomic mass is 32.2. The largest absolute Gasteiger partial charge is 0.325 e. The third-order valence-electron chi connectivity index (χ3n) is 2.32. The van der Waals surface area contributed by atoms with Crippen LogP contribution in [0, 0.1) is 5.82 Å². The number of halogens is 1. The minimum absolute atomic E-state index is 0.0955. The number of hydrogen-bond donors (Lipinski definition) is 1. The predicted octanol–water partition coefficient (Wildman–Crippen LogP) is 2.99. The first-order chi connectivity index (χ1) is 8.65. The van der Waals surface area contributed by atoms with Gasteiger partial charge in [-0.15, -0.1) is 0 Å². The number of carbonyl (C=O) groups excluding carboxylic acids is 1. The Balaban J connectivity index is 1.88. The molecule has 1 N–H and O–H groups in total. The molecule has 1 amide bonds. The molecule has 0 saturated heterocycles. The average Bonchev–Trinajstić information content (AvgIpc) is 2.85. The van der Waals surface area contributed by atoms with E-state index < -0.39 is 0 Å². The van der Waals surface area contributed by atoms with Gasteiger partial charge in [0.05, 0.1) is 11.8 Å². The van der Waals surface area contributed by atoms with Gasteiger partial charge in [-0.05, 0) is 31.2 Å². The van der Waals surface area contributed by atoms with Crippen molar-refractivity contribution in [2.75, 3.05) is 17.6 Å². The lowest BCUT2D eigenvalue weighted by Crippen LogP contribution is -2.23. The molecule has 0 aliphatic carbocycles. The highest BCUT2D eigenvalue weighted by molar-refractivity contribution is 8.39. The molecule has 0 bridgehead atoms. The number of carbonyl (C=O) groups is 1. The maximum atomic E-state index is 12.7. The van der Waals surface area contributed by atoms with Crippen molar-refractivity contribution in [1.82, 2.24) is 0 Å². The minimum atomic E-state index is -0.313. The highest BCUT2D eigenvalue weighted by Crippen LogP contribution is 2.26. The molecule has 96 valence electrons. The van der Waals surface area contributed by atoms with Crippen LogP contribution in [-0.4, -0.2) is 27.8 Å². The van der Waals surface area contributed by atoms with E-state index >= 15 is 0 Å². The summed E-state index contributed by atoms with van der Waals surface area (Å²) in [5, 5.41) is 2.54. The normalized spacial score (nSPS) is 16.2. The first-order valence-electron chi connectivity index (χ1n) is 5.55. The standard InChI is InChI=1S/C12H13FN2OS2/c1-8(18-12-14-6-7-17-12)11(16)15-10-4-2-9(13)3-5-10/h2-5,8H,6-7H2,1H3,(H,15,16)/t8-/m0/s1. The van der Waals surface area contributed by atoms with E-state index in [-0.39, 0.29) is 17.0 Å². The van der Waals surface area contributed by atoms with Crippen molar-refractivity contribution >= 4 is 39.5 Å². The van der Waals surface area contributed by atoms with Gasteiger partial charge in [-0.1, -0.05) is 23.5 Å². The predicted molar refractivity (Wildman–Crippen MR) is 76.8 cm³/mol. The van der Waals surface area contributed by atoms with Crippen molar-refractivity contribution in [3.63, 3.8) is 0 Å². The Morgan fingerprint density at radius 2 is 2.22 bits per heavy atom. The molecule has 18 heavy (non-hydrogen) atoms. The second kappa shape index (κ2) is 6.24. The number of amides is 1. The Morgan fingerprint density at radius 3 is 2.83 bits per heavy atom. The van der Waals surface area contributed by atoms with Crippen LogP contribution < -0.4 is 5.32 Å². The van der Waals surface area contributed by atoms with Crippen LogP contribution in [0.2, 0.25) is 0 Å². The summed E-state index contributed by atoms with van der Waals surface area (Å²) in [5.41, 5.74) is 0.606. The fraction of sp³-hybridized carbons (Fsp3) is 0.333. The molecule has 1 aliphatic rings. The zero-order valence-corrected chi connectivity index (χ0v) is 11.5. The van der Waals surface area contributed by atoms with E-state index in [0.29, 0.717) is 5.69 Å².